The van der Waals surface area contributed by atoms with Crippen LogP contribution in [-0.2, 0) is 14.8 Å². The molecule has 2 atom stereocenters. The number of hydrogen-bond acceptors (Lipinski definition) is 5. The van der Waals surface area contributed by atoms with E-state index in [1.807, 2.05) is 6.07 Å². The van der Waals surface area contributed by atoms with E-state index in [1.54, 1.807) is 18.2 Å². The van der Waals surface area contributed by atoms with Crippen molar-refractivity contribution in [1.29, 1.82) is 5.26 Å². The van der Waals surface area contributed by atoms with Crippen LogP contribution < -0.4 is 9.46 Å². The Kier molecular flexibility index (Phi) is 4.47. The molecule has 0 radical (unpaired) electrons. The van der Waals surface area contributed by atoms with Gasteiger partial charge in [0.1, 0.15) is 5.75 Å². The first-order valence-corrected chi connectivity index (χ1v) is 9.13. The number of carbonyl (C=O) groups excluding carboxylic acids is 1. The largest absolute Gasteiger partial charge is 0.497 e. The average molecular weight is 356 g/mol. The third-order valence-corrected chi connectivity index (χ3v) is 5.54. The summed E-state index contributed by atoms with van der Waals surface area (Å²) in [6.45, 7) is 0. The molecule has 0 bridgehead atoms. The third kappa shape index (κ3) is 3.64. The summed E-state index contributed by atoms with van der Waals surface area (Å²) in [7, 11) is -2.43. The molecule has 7 heteroatoms. The molecule has 1 aliphatic carbocycles. The van der Waals surface area contributed by atoms with Crippen molar-refractivity contribution in [2.45, 2.75) is 17.2 Å². The molecule has 0 spiro atoms. The highest BCUT2D eigenvalue weighted by Gasteiger charge is 2.45. The first kappa shape index (κ1) is 17.0. The average Bonchev–Trinajstić information content (AvgIpc) is 3.42. The summed E-state index contributed by atoms with van der Waals surface area (Å²) in [4.78, 5) is 12.3. The van der Waals surface area contributed by atoms with Crippen LogP contribution in [0.4, 0.5) is 0 Å². The van der Waals surface area contributed by atoms with Gasteiger partial charge in [0.2, 0.25) is 5.91 Å². The Labute approximate surface area is 146 Å². The fourth-order valence-corrected chi connectivity index (χ4v) is 3.74. The number of nitrogens with zero attached hydrogens (tertiary/aromatic N) is 1. The first-order valence-electron chi connectivity index (χ1n) is 7.65. The van der Waals surface area contributed by atoms with Crippen molar-refractivity contribution in [3.05, 3.63) is 59.7 Å². The number of benzene rings is 2. The molecule has 2 aromatic rings. The van der Waals surface area contributed by atoms with E-state index in [9.17, 15) is 13.2 Å². The molecule has 128 valence electrons. The molecule has 0 saturated heterocycles. The Morgan fingerprint density at radius 2 is 1.96 bits per heavy atom. The molecule has 1 saturated carbocycles. The molecule has 6 nitrogen and oxygen atoms in total. The summed E-state index contributed by atoms with van der Waals surface area (Å²) in [5, 5.41) is 8.94. The Morgan fingerprint density at radius 1 is 1.24 bits per heavy atom. The molecule has 0 heterocycles. The van der Waals surface area contributed by atoms with E-state index in [0.717, 1.165) is 5.56 Å². The van der Waals surface area contributed by atoms with E-state index in [-0.39, 0.29) is 10.8 Å². The van der Waals surface area contributed by atoms with E-state index in [0.29, 0.717) is 17.7 Å². The predicted molar refractivity (Wildman–Crippen MR) is 90.3 cm³/mol. The van der Waals surface area contributed by atoms with Gasteiger partial charge in [0.25, 0.3) is 10.0 Å². The number of methoxy groups -OCH3 is 1. The molecular formula is C18H16N2O4S. The minimum Gasteiger partial charge on any atom is -0.497 e. The number of rotatable bonds is 5. The molecule has 1 aliphatic rings. The quantitative estimate of drug-likeness (QED) is 0.886. The van der Waals surface area contributed by atoms with Crippen LogP contribution in [0, 0.1) is 17.2 Å². The van der Waals surface area contributed by atoms with Gasteiger partial charge in [0.15, 0.2) is 0 Å². The molecule has 2 aromatic carbocycles. The predicted octanol–water partition coefficient (Wildman–Crippen LogP) is 2.18. The number of amides is 1. The lowest BCUT2D eigenvalue weighted by atomic mass is 10.1. The van der Waals surface area contributed by atoms with Gasteiger partial charge < -0.3 is 4.74 Å². The highest BCUT2D eigenvalue weighted by atomic mass is 32.2. The molecule has 0 aliphatic heterocycles. The summed E-state index contributed by atoms with van der Waals surface area (Å²) in [6, 6.07) is 14.9. The van der Waals surface area contributed by atoms with Crippen LogP contribution in [0.25, 0.3) is 0 Å². The van der Waals surface area contributed by atoms with Crippen LogP contribution >= 0.6 is 0 Å². The fourth-order valence-electron chi connectivity index (χ4n) is 2.71. The van der Waals surface area contributed by atoms with Crippen LogP contribution in [0.3, 0.4) is 0 Å². The lowest BCUT2D eigenvalue weighted by Crippen LogP contribution is -2.32. The second-order valence-electron chi connectivity index (χ2n) is 5.83. The van der Waals surface area contributed by atoms with Crippen LogP contribution in [0.5, 0.6) is 5.75 Å². The lowest BCUT2D eigenvalue weighted by molar-refractivity contribution is -0.120. The first-order chi connectivity index (χ1) is 11.9. The Bertz CT molecular complexity index is 946. The maximum absolute atomic E-state index is 12.3. The standard InChI is InChI=1S/C18H16N2O4S/c1-24-14-5-7-15(8-6-14)25(22,23)20-18(21)17-10-16(17)13-4-2-3-12(9-13)11-19/h2-9,16-17H,10H2,1H3,(H,20,21)/t16-,17+/m1/s1. The van der Waals surface area contributed by atoms with Crippen LogP contribution in [0.1, 0.15) is 23.5 Å². The van der Waals surface area contributed by atoms with Crippen LogP contribution in [-0.4, -0.2) is 21.4 Å². The van der Waals surface area contributed by atoms with E-state index in [4.69, 9.17) is 10.00 Å². The van der Waals surface area contributed by atoms with Crippen molar-refractivity contribution >= 4 is 15.9 Å². The minimum atomic E-state index is -3.92. The Balaban J connectivity index is 1.69. The zero-order valence-electron chi connectivity index (χ0n) is 13.5. The maximum atomic E-state index is 12.3. The summed E-state index contributed by atoms with van der Waals surface area (Å²) in [5.74, 6) is -0.450. The summed E-state index contributed by atoms with van der Waals surface area (Å²) >= 11 is 0. The van der Waals surface area contributed by atoms with Gasteiger partial charge >= 0.3 is 0 Å². The highest BCUT2D eigenvalue weighted by molar-refractivity contribution is 7.90. The summed E-state index contributed by atoms with van der Waals surface area (Å²) in [5.41, 5.74) is 1.40. The van der Waals surface area contributed by atoms with Gasteiger partial charge in [-0.15, -0.1) is 0 Å². The minimum absolute atomic E-state index is 0.00493. The van der Waals surface area contributed by atoms with Crippen molar-refractivity contribution in [3.63, 3.8) is 0 Å². The zero-order chi connectivity index (χ0) is 18.0. The van der Waals surface area contributed by atoms with E-state index >= 15 is 0 Å². The van der Waals surface area contributed by atoms with Gasteiger partial charge in [-0.1, -0.05) is 12.1 Å². The van der Waals surface area contributed by atoms with E-state index in [1.165, 1.54) is 31.4 Å². The van der Waals surface area contributed by atoms with Gasteiger partial charge in [-0.3, -0.25) is 4.79 Å². The van der Waals surface area contributed by atoms with E-state index < -0.39 is 21.8 Å². The zero-order valence-corrected chi connectivity index (χ0v) is 14.3. The number of nitriles is 1. The smallest absolute Gasteiger partial charge is 0.264 e. The molecule has 0 aromatic heterocycles. The molecule has 1 amide bonds. The molecule has 1 N–H and O–H groups in total. The van der Waals surface area contributed by atoms with Gasteiger partial charge in [-0.25, -0.2) is 13.1 Å². The number of carbonyl (C=O) groups is 1. The number of hydrogen-bond donors (Lipinski definition) is 1. The van der Waals surface area contributed by atoms with Gasteiger partial charge in [0, 0.05) is 5.92 Å². The molecule has 3 rings (SSSR count). The van der Waals surface area contributed by atoms with Crippen molar-refractivity contribution in [2.75, 3.05) is 7.11 Å². The normalized spacial score (nSPS) is 18.9. The number of nitrogens with one attached hydrogen (secondary N) is 1. The lowest BCUT2D eigenvalue weighted by Gasteiger charge is -2.08. The summed E-state index contributed by atoms with van der Waals surface area (Å²) < 4.78 is 31.7. The van der Waals surface area contributed by atoms with Crippen LogP contribution in [0.2, 0.25) is 0 Å². The molecule has 0 unspecified atom stereocenters. The van der Waals surface area contributed by atoms with Gasteiger partial charge in [-0.2, -0.15) is 5.26 Å². The topological polar surface area (TPSA) is 96.3 Å². The van der Waals surface area contributed by atoms with Crippen molar-refractivity contribution in [1.82, 2.24) is 4.72 Å². The van der Waals surface area contributed by atoms with E-state index in [2.05, 4.69) is 10.8 Å². The number of ether oxygens (including phenoxy) is 1. The van der Waals surface area contributed by atoms with Crippen molar-refractivity contribution in [2.24, 2.45) is 5.92 Å². The Morgan fingerprint density at radius 3 is 2.60 bits per heavy atom. The third-order valence-electron chi connectivity index (χ3n) is 4.18. The van der Waals surface area contributed by atoms with Crippen LogP contribution in [0.15, 0.2) is 53.4 Å². The second kappa shape index (κ2) is 6.57. The monoisotopic (exact) mass is 356 g/mol. The molecular weight excluding hydrogens is 340 g/mol. The molecule has 25 heavy (non-hydrogen) atoms. The SMILES string of the molecule is COc1ccc(S(=O)(=O)NC(=O)[C@H]2C[C@@H]2c2cccc(C#N)c2)cc1. The van der Waals surface area contributed by atoms with Crippen molar-refractivity contribution < 1.29 is 17.9 Å². The Hall–Kier alpha value is -2.85. The number of sulfonamides is 1. The van der Waals surface area contributed by atoms with Gasteiger partial charge in [-0.05, 0) is 54.3 Å². The fraction of sp³-hybridized carbons (Fsp3) is 0.222. The second-order valence-corrected chi connectivity index (χ2v) is 7.51. The highest BCUT2D eigenvalue weighted by Crippen LogP contribution is 2.47. The van der Waals surface area contributed by atoms with Crippen molar-refractivity contribution in [3.8, 4) is 11.8 Å². The molecule has 1 fully saturated rings. The maximum Gasteiger partial charge on any atom is 0.264 e. The van der Waals surface area contributed by atoms with Gasteiger partial charge in [0.05, 0.1) is 23.6 Å². The summed E-state index contributed by atoms with van der Waals surface area (Å²) in [6.07, 6.45) is 0.568.